The first kappa shape index (κ1) is 17.8. The Morgan fingerprint density at radius 1 is 0.423 bits per heavy atom. The molecule has 0 atom stereocenters. The van der Waals surface area contributed by atoms with Crippen molar-refractivity contribution in [2.45, 2.75) is 0 Å². The molecule has 0 unspecified atom stereocenters. The van der Waals surface area contributed by atoms with Crippen molar-refractivity contribution in [2.75, 3.05) is 0 Å². The van der Waals surface area contributed by atoms with Crippen molar-refractivity contribution in [3.63, 3.8) is 0 Å². The molecule has 0 aliphatic carbocycles. The van der Waals surface area contributed by atoms with Crippen LogP contribution in [-0.4, -0.2) is 12.0 Å². The second-order valence-corrected chi connectivity index (χ2v) is 5.99. The lowest BCUT2D eigenvalue weighted by Crippen LogP contribution is -1.67. The predicted octanol–water partition coefficient (Wildman–Crippen LogP) is 7.27. The molecule has 0 spiro atoms. The number of rotatable bonds is 4. The molecule has 0 bridgehead atoms. The summed E-state index contributed by atoms with van der Waals surface area (Å²) in [5.74, 6) is 0. The first-order chi connectivity index (χ1) is 12.7. The molecule has 0 saturated heterocycles. The van der Waals surface area contributed by atoms with Crippen LogP contribution < -0.4 is 0 Å². The van der Waals surface area contributed by atoms with E-state index in [2.05, 4.69) is 32.0 Å². The molecule has 0 amide bonds. The normalized spacial score (nSPS) is 9.62. The molecule has 6 heteroatoms. The summed E-state index contributed by atoms with van der Waals surface area (Å²) in [5, 5.41) is 1.33. The second-order valence-electron chi connectivity index (χ2n) is 5.12. The predicted molar refractivity (Wildman–Crippen MR) is 108 cm³/mol. The lowest BCUT2D eigenvalue weighted by Gasteiger charge is -1.92. The summed E-state index contributed by atoms with van der Waals surface area (Å²) >= 11 is 11.6. The molecule has 0 aliphatic rings. The monoisotopic (exact) mass is 378 g/mol. The maximum Gasteiger partial charge on any atom is 0.100 e. The Morgan fingerprint density at radius 2 is 0.654 bits per heavy atom. The Hall–Kier alpha value is -3.00. The summed E-state index contributed by atoms with van der Waals surface area (Å²) in [4.78, 5) is 16.5. The molecular formula is C20H12Cl2N4. The van der Waals surface area contributed by atoms with Crippen molar-refractivity contribution in [3.05, 3.63) is 82.8 Å². The number of hydrogen-bond donors (Lipinski definition) is 0. The smallest absolute Gasteiger partial charge is 0.100 e. The van der Waals surface area contributed by atoms with Crippen molar-refractivity contribution < 1.29 is 0 Å². The third-order valence-corrected chi connectivity index (χ3v) is 3.72. The quantitative estimate of drug-likeness (QED) is 0.428. The van der Waals surface area contributed by atoms with Crippen molar-refractivity contribution in [2.24, 2.45) is 20.0 Å². The highest BCUT2D eigenvalue weighted by atomic mass is 35.5. The van der Waals surface area contributed by atoms with Crippen LogP contribution in [0, 0.1) is 0 Å². The van der Waals surface area contributed by atoms with Crippen LogP contribution in [0.2, 0.25) is 10.0 Å². The standard InChI is InChI=1S/C20H12Cl2N4/c21-15-1-5-17(6-2-15)23-13-25-19-9-11-20(12-10-19)26-14-24-18-7-3-16(22)4-8-18/h1-12H. The highest BCUT2D eigenvalue weighted by Crippen LogP contribution is 2.19. The molecule has 3 rings (SSSR count). The van der Waals surface area contributed by atoms with E-state index >= 15 is 0 Å². The van der Waals surface area contributed by atoms with Gasteiger partial charge in [0.05, 0.1) is 22.7 Å². The van der Waals surface area contributed by atoms with Gasteiger partial charge in [-0.3, -0.25) is 0 Å². The molecule has 0 saturated carbocycles. The van der Waals surface area contributed by atoms with Gasteiger partial charge in [0.2, 0.25) is 0 Å². The minimum Gasteiger partial charge on any atom is -0.188 e. The summed E-state index contributed by atoms with van der Waals surface area (Å²) in [6.07, 6.45) is 0. The maximum atomic E-state index is 5.82. The highest BCUT2D eigenvalue weighted by molar-refractivity contribution is 6.30. The van der Waals surface area contributed by atoms with Crippen molar-refractivity contribution in [1.82, 2.24) is 0 Å². The van der Waals surface area contributed by atoms with Crippen LogP contribution in [0.25, 0.3) is 0 Å². The first-order valence-electron chi connectivity index (χ1n) is 7.63. The molecule has 0 aliphatic heterocycles. The summed E-state index contributed by atoms with van der Waals surface area (Å²) in [7, 11) is 0. The summed E-state index contributed by atoms with van der Waals surface area (Å²) < 4.78 is 0. The molecular weight excluding hydrogens is 367 g/mol. The van der Waals surface area contributed by atoms with Gasteiger partial charge in [-0.15, -0.1) is 0 Å². The first-order valence-corrected chi connectivity index (χ1v) is 8.39. The Kier molecular flexibility index (Phi) is 6.10. The van der Waals surface area contributed by atoms with Crippen LogP contribution in [-0.2, 0) is 0 Å². The zero-order valence-electron chi connectivity index (χ0n) is 13.5. The van der Waals surface area contributed by atoms with Crippen molar-refractivity contribution >= 4 is 58.0 Å². The van der Waals surface area contributed by atoms with Crippen LogP contribution in [0.3, 0.4) is 0 Å². The fourth-order valence-electron chi connectivity index (χ4n) is 1.91. The van der Waals surface area contributed by atoms with Gasteiger partial charge in [-0.05, 0) is 72.8 Å². The van der Waals surface area contributed by atoms with Gasteiger partial charge in [0.25, 0.3) is 0 Å². The number of halogens is 2. The van der Waals surface area contributed by atoms with Gasteiger partial charge in [-0.2, -0.15) is 20.0 Å². The zero-order chi connectivity index (χ0) is 18.2. The number of hydrogen-bond acceptors (Lipinski definition) is 4. The Bertz CT molecular complexity index is 911. The second kappa shape index (κ2) is 8.91. The van der Waals surface area contributed by atoms with Gasteiger partial charge in [0.1, 0.15) is 12.0 Å². The van der Waals surface area contributed by atoms with Crippen LogP contribution in [0.1, 0.15) is 0 Å². The summed E-state index contributed by atoms with van der Waals surface area (Å²) in [6, 6.07) is 26.8. The Balaban J connectivity index is 1.66. The van der Waals surface area contributed by atoms with E-state index in [0.29, 0.717) is 10.0 Å². The molecule has 3 aromatic carbocycles. The molecule has 0 heterocycles. The third kappa shape index (κ3) is 5.52. The van der Waals surface area contributed by atoms with E-state index < -0.39 is 0 Å². The molecule has 126 valence electrons. The molecule has 0 aromatic heterocycles. The lowest BCUT2D eigenvalue weighted by atomic mass is 10.3. The highest BCUT2D eigenvalue weighted by Gasteiger charge is 1.91. The maximum absolute atomic E-state index is 5.82. The van der Waals surface area contributed by atoms with Crippen molar-refractivity contribution in [1.29, 1.82) is 0 Å². The van der Waals surface area contributed by atoms with Gasteiger partial charge in [-0.25, -0.2) is 0 Å². The molecule has 4 nitrogen and oxygen atoms in total. The SMILES string of the molecule is Clc1ccc(N=C=Nc2ccc(N=C=Nc3ccc(Cl)cc3)cc2)cc1. The fraction of sp³-hybridized carbons (Fsp3) is 0. The summed E-state index contributed by atoms with van der Waals surface area (Å²) in [5.41, 5.74) is 2.91. The fourth-order valence-corrected chi connectivity index (χ4v) is 2.17. The average molecular weight is 379 g/mol. The lowest BCUT2D eigenvalue weighted by molar-refractivity contribution is 1.46. The molecule has 0 radical (unpaired) electrons. The van der Waals surface area contributed by atoms with Gasteiger partial charge < -0.3 is 0 Å². The van der Waals surface area contributed by atoms with E-state index in [0.717, 1.165) is 22.7 Å². The largest absolute Gasteiger partial charge is 0.188 e. The van der Waals surface area contributed by atoms with Gasteiger partial charge >= 0.3 is 0 Å². The van der Waals surface area contributed by atoms with E-state index in [1.165, 1.54) is 0 Å². The van der Waals surface area contributed by atoms with Crippen LogP contribution in [0.5, 0.6) is 0 Å². The van der Waals surface area contributed by atoms with E-state index in [1.54, 1.807) is 48.5 Å². The van der Waals surface area contributed by atoms with Crippen LogP contribution in [0.4, 0.5) is 22.7 Å². The van der Waals surface area contributed by atoms with Gasteiger partial charge in [0.15, 0.2) is 0 Å². The van der Waals surface area contributed by atoms with E-state index in [4.69, 9.17) is 23.2 Å². The number of nitrogens with zero attached hydrogens (tertiary/aromatic N) is 4. The molecule has 0 fully saturated rings. The minimum atomic E-state index is 0.664. The number of benzene rings is 3. The average Bonchev–Trinajstić information content (AvgIpc) is 2.66. The van der Waals surface area contributed by atoms with Gasteiger partial charge in [0, 0.05) is 10.0 Å². The van der Waals surface area contributed by atoms with Crippen LogP contribution >= 0.6 is 23.2 Å². The van der Waals surface area contributed by atoms with Crippen LogP contribution in [0.15, 0.2) is 92.8 Å². The van der Waals surface area contributed by atoms with Gasteiger partial charge in [-0.1, -0.05) is 23.2 Å². The van der Waals surface area contributed by atoms with E-state index in [1.807, 2.05) is 24.3 Å². The third-order valence-electron chi connectivity index (χ3n) is 3.22. The molecule has 26 heavy (non-hydrogen) atoms. The molecule has 3 aromatic rings. The molecule has 0 N–H and O–H groups in total. The number of aliphatic imine (C=N–C) groups is 4. The zero-order valence-corrected chi connectivity index (χ0v) is 15.0. The minimum absolute atomic E-state index is 0.664. The topological polar surface area (TPSA) is 49.4 Å². The summed E-state index contributed by atoms with van der Waals surface area (Å²) in [6.45, 7) is 0. The van der Waals surface area contributed by atoms with Crippen molar-refractivity contribution in [3.8, 4) is 0 Å². The van der Waals surface area contributed by atoms with E-state index in [9.17, 15) is 0 Å². The Labute approximate surface area is 160 Å². The van der Waals surface area contributed by atoms with E-state index in [-0.39, 0.29) is 0 Å². The Morgan fingerprint density at radius 3 is 0.923 bits per heavy atom.